The van der Waals surface area contributed by atoms with Crippen LogP contribution in [0.3, 0.4) is 0 Å². The maximum Gasteiger partial charge on any atom is 0.164 e. The van der Waals surface area contributed by atoms with E-state index >= 15 is 0 Å². The molecule has 15 heavy (non-hydrogen) atoms. The van der Waals surface area contributed by atoms with Gasteiger partial charge in [-0.15, -0.1) is 18.3 Å². The van der Waals surface area contributed by atoms with Crippen LogP contribution in [0.5, 0.6) is 0 Å². The third-order valence-corrected chi connectivity index (χ3v) is 3.02. The summed E-state index contributed by atoms with van der Waals surface area (Å²) in [5, 5.41) is 0. The first-order valence-corrected chi connectivity index (χ1v) is 6.29. The van der Waals surface area contributed by atoms with Gasteiger partial charge in [-0.2, -0.15) is 0 Å². The maximum absolute atomic E-state index is 11.9. The molecule has 0 radical (unpaired) electrons. The highest BCUT2D eigenvalue weighted by Gasteiger charge is 2.08. The number of Topliss-reactive ketones (excluding diaryl/α,β-unsaturated/α-hetero) is 1. The molecule has 0 fully saturated rings. The molecular weight excluding hydrogens is 204 g/mol. The van der Waals surface area contributed by atoms with E-state index in [1.54, 1.807) is 11.8 Å². The Balaban J connectivity index is 2.68. The number of carbonyl (C=O) groups is 1. The van der Waals surface area contributed by atoms with Crippen LogP contribution >= 0.6 is 11.8 Å². The Morgan fingerprint density at radius 2 is 2.20 bits per heavy atom. The van der Waals surface area contributed by atoms with Crippen molar-refractivity contribution < 1.29 is 4.79 Å². The normalized spacial score (nSPS) is 9.93. The topological polar surface area (TPSA) is 17.1 Å². The van der Waals surface area contributed by atoms with E-state index in [1.165, 1.54) is 0 Å². The Labute approximate surface area is 95.6 Å². The number of allylic oxidation sites excluding steroid dienone is 1. The second-order valence-corrected chi connectivity index (χ2v) is 4.15. The summed E-state index contributed by atoms with van der Waals surface area (Å²) < 4.78 is 0. The number of rotatable bonds is 6. The summed E-state index contributed by atoms with van der Waals surface area (Å²) in [6, 6.07) is 7.78. The number of thioether (sulfide) groups is 1. The van der Waals surface area contributed by atoms with Crippen LogP contribution in [-0.2, 0) is 0 Å². The van der Waals surface area contributed by atoms with Gasteiger partial charge >= 0.3 is 0 Å². The molecule has 80 valence electrons. The molecule has 0 amide bonds. The molecule has 0 bridgehead atoms. The fraction of sp³-hybridized carbons (Fsp3) is 0.308. The van der Waals surface area contributed by atoms with E-state index in [0.717, 1.165) is 23.3 Å². The summed E-state index contributed by atoms with van der Waals surface area (Å²) in [4.78, 5) is 12.9. The van der Waals surface area contributed by atoms with Gasteiger partial charge < -0.3 is 0 Å². The SMILES string of the molecule is C=CCCCC(=O)c1ccccc1SC. The first kappa shape index (κ1) is 12.1. The summed E-state index contributed by atoms with van der Waals surface area (Å²) in [6.07, 6.45) is 6.27. The van der Waals surface area contributed by atoms with Crippen molar-refractivity contribution in [1.29, 1.82) is 0 Å². The smallest absolute Gasteiger partial charge is 0.164 e. The van der Waals surface area contributed by atoms with Crippen LogP contribution in [0.2, 0.25) is 0 Å². The zero-order valence-electron chi connectivity index (χ0n) is 9.03. The quantitative estimate of drug-likeness (QED) is 0.312. The van der Waals surface area contributed by atoms with Crippen LogP contribution in [0.25, 0.3) is 0 Å². The molecule has 0 aliphatic heterocycles. The Hall–Kier alpha value is -1.02. The third kappa shape index (κ3) is 3.56. The molecule has 0 aliphatic rings. The van der Waals surface area contributed by atoms with Gasteiger partial charge in [0.1, 0.15) is 0 Å². The number of hydrogen-bond acceptors (Lipinski definition) is 2. The summed E-state index contributed by atoms with van der Waals surface area (Å²) in [6.45, 7) is 3.65. The lowest BCUT2D eigenvalue weighted by Gasteiger charge is -2.05. The van der Waals surface area contributed by atoms with Crippen LogP contribution in [0, 0.1) is 0 Å². The van der Waals surface area contributed by atoms with Gasteiger partial charge in [-0.3, -0.25) is 4.79 Å². The number of ketones is 1. The third-order valence-electron chi connectivity index (χ3n) is 2.22. The average molecular weight is 220 g/mol. The van der Waals surface area contributed by atoms with Gasteiger partial charge in [0.25, 0.3) is 0 Å². The van der Waals surface area contributed by atoms with Gasteiger partial charge in [-0.1, -0.05) is 24.3 Å². The molecule has 0 unspecified atom stereocenters. The number of carbonyl (C=O) groups excluding carboxylic acids is 1. The molecule has 2 heteroatoms. The fourth-order valence-electron chi connectivity index (χ4n) is 1.42. The second kappa shape index (κ2) is 6.46. The van der Waals surface area contributed by atoms with E-state index in [-0.39, 0.29) is 5.78 Å². The second-order valence-electron chi connectivity index (χ2n) is 3.30. The van der Waals surface area contributed by atoms with Crippen molar-refractivity contribution in [2.24, 2.45) is 0 Å². The molecule has 0 spiro atoms. The van der Waals surface area contributed by atoms with E-state index in [0.29, 0.717) is 6.42 Å². The van der Waals surface area contributed by atoms with Crippen LogP contribution in [-0.4, -0.2) is 12.0 Å². The van der Waals surface area contributed by atoms with E-state index in [1.807, 2.05) is 36.6 Å². The van der Waals surface area contributed by atoms with Gasteiger partial charge in [-0.05, 0) is 25.2 Å². The van der Waals surface area contributed by atoms with Crippen molar-refractivity contribution in [3.63, 3.8) is 0 Å². The van der Waals surface area contributed by atoms with Crippen molar-refractivity contribution in [2.45, 2.75) is 24.2 Å². The Morgan fingerprint density at radius 3 is 2.87 bits per heavy atom. The minimum Gasteiger partial charge on any atom is -0.294 e. The van der Waals surface area contributed by atoms with E-state index < -0.39 is 0 Å². The first-order valence-electron chi connectivity index (χ1n) is 5.06. The lowest BCUT2D eigenvalue weighted by atomic mass is 10.1. The largest absolute Gasteiger partial charge is 0.294 e. The summed E-state index contributed by atoms with van der Waals surface area (Å²) >= 11 is 1.62. The van der Waals surface area contributed by atoms with Gasteiger partial charge in [0.15, 0.2) is 5.78 Å². The molecule has 1 aromatic carbocycles. The molecule has 1 aromatic rings. The Bertz CT molecular complexity index is 344. The van der Waals surface area contributed by atoms with Crippen molar-refractivity contribution in [3.05, 3.63) is 42.5 Å². The van der Waals surface area contributed by atoms with Crippen LogP contribution in [0.15, 0.2) is 41.8 Å². The van der Waals surface area contributed by atoms with Crippen LogP contribution in [0.1, 0.15) is 29.6 Å². The standard InChI is InChI=1S/C13H16OS/c1-3-4-5-9-12(14)11-8-6-7-10-13(11)15-2/h3,6-8,10H,1,4-5,9H2,2H3. The maximum atomic E-state index is 11.9. The number of hydrogen-bond donors (Lipinski definition) is 0. The van der Waals surface area contributed by atoms with Gasteiger partial charge in [0.05, 0.1) is 0 Å². The zero-order valence-corrected chi connectivity index (χ0v) is 9.85. The molecule has 0 aliphatic carbocycles. The highest BCUT2D eigenvalue weighted by atomic mass is 32.2. The monoisotopic (exact) mass is 220 g/mol. The summed E-state index contributed by atoms with van der Waals surface area (Å²) in [7, 11) is 0. The lowest BCUT2D eigenvalue weighted by molar-refractivity contribution is 0.0977. The molecule has 0 heterocycles. The van der Waals surface area contributed by atoms with E-state index in [9.17, 15) is 4.79 Å². The molecule has 1 rings (SSSR count). The molecule has 0 saturated carbocycles. The molecular formula is C13H16OS. The van der Waals surface area contributed by atoms with E-state index in [4.69, 9.17) is 0 Å². The molecule has 0 aromatic heterocycles. The molecule has 1 nitrogen and oxygen atoms in total. The van der Waals surface area contributed by atoms with Gasteiger partial charge in [0.2, 0.25) is 0 Å². The van der Waals surface area contributed by atoms with Gasteiger partial charge in [-0.25, -0.2) is 0 Å². The fourth-order valence-corrected chi connectivity index (χ4v) is 2.03. The van der Waals surface area contributed by atoms with Crippen molar-refractivity contribution in [3.8, 4) is 0 Å². The number of benzene rings is 1. The minimum atomic E-state index is 0.238. The highest BCUT2D eigenvalue weighted by molar-refractivity contribution is 7.98. The molecule has 0 atom stereocenters. The van der Waals surface area contributed by atoms with E-state index in [2.05, 4.69) is 6.58 Å². The van der Waals surface area contributed by atoms with Crippen molar-refractivity contribution in [2.75, 3.05) is 6.26 Å². The van der Waals surface area contributed by atoms with Gasteiger partial charge in [0, 0.05) is 16.9 Å². The van der Waals surface area contributed by atoms with Crippen molar-refractivity contribution in [1.82, 2.24) is 0 Å². The Morgan fingerprint density at radius 1 is 1.47 bits per heavy atom. The van der Waals surface area contributed by atoms with Crippen LogP contribution in [0.4, 0.5) is 0 Å². The minimum absolute atomic E-state index is 0.238. The molecule has 0 N–H and O–H groups in total. The predicted molar refractivity (Wildman–Crippen MR) is 66.6 cm³/mol. The summed E-state index contributed by atoms with van der Waals surface area (Å²) in [5.41, 5.74) is 0.856. The first-order chi connectivity index (χ1) is 7.29. The summed E-state index contributed by atoms with van der Waals surface area (Å²) in [5.74, 6) is 0.238. The predicted octanol–water partition coefficient (Wildman–Crippen LogP) is 3.95. The zero-order chi connectivity index (χ0) is 11.1. The molecule has 0 saturated heterocycles. The highest BCUT2D eigenvalue weighted by Crippen LogP contribution is 2.21. The number of unbranched alkanes of at least 4 members (excludes halogenated alkanes) is 1. The Kier molecular flexibility index (Phi) is 5.19. The average Bonchev–Trinajstić information content (AvgIpc) is 2.29. The lowest BCUT2D eigenvalue weighted by Crippen LogP contribution is -2.00. The van der Waals surface area contributed by atoms with Crippen LogP contribution < -0.4 is 0 Å². The van der Waals surface area contributed by atoms with Crippen molar-refractivity contribution >= 4 is 17.5 Å².